The van der Waals surface area contributed by atoms with Gasteiger partial charge in [0.25, 0.3) is 0 Å². The first kappa shape index (κ1) is 18.3. The Hall–Kier alpha value is -2.52. The molecule has 0 saturated carbocycles. The van der Waals surface area contributed by atoms with E-state index in [1.54, 1.807) is 18.5 Å². The first-order valence-corrected chi connectivity index (χ1v) is 9.17. The summed E-state index contributed by atoms with van der Waals surface area (Å²) in [6.07, 6.45) is 4.84. The summed E-state index contributed by atoms with van der Waals surface area (Å²) in [6.45, 7) is 7.69. The van der Waals surface area contributed by atoms with Gasteiger partial charge in [-0.25, -0.2) is 0 Å². The van der Waals surface area contributed by atoms with Crippen molar-refractivity contribution in [2.24, 2.45) is 11.8 Å². The minimum atomic E-state index is -0.555. The molecule has 6 nitrogen and oxygen atoms in total. The fourth-order valence-corrected chi connectivity index (χ4v) is 3.72. The molecular formula is C20H25N5O. The zero-order chi connectivity index (χ0) is 18.7. The smallest absolute Gasteiger partial charge is 0.223 e. The van der Waals surface area contributed by atoms with Gasteiger partial charge in [0, 0.05) is 30.4 Å². The van der Waals surface area contributed by atoms with Crippen molar-refractivity contribution in [3.8, 4) is 6.07 Å². The summed E-state index contributed by atoms with van der Waals surface area (Å²) in [5, 5.41) is 16.2. The highest BCUT2D eigenvalue weighted by atomic mass is 16.2. The largest absolute Gasteiger partial charge is 0.345 e. The van der Waals surface area contributed by atoms with Gasteiger partial charge in [-0.2, -0.15) is 5.26 Å². The average Bonchev–Trinajstić information content (AvgIpc) is 2.66. The first-order chi connectivity index (χ1) is 12.5. The molecule has 0 aliphatic carbocycles. The van der Waals surface area contributed by atoms with Crippen LogP contribution in [-0.4, -0.2) is 29.0 Å². The van der Waals surface area contributed by atoms with Crippen LogP contribution in [0.3, 0.4) is 0 Å². The van der Waals surface area contributed by atoms with Crippen molar-refractivity contribution >= 4 is 16.9 Å². The number of nitrogens with zero attached hydrogens (tertiary/aromatic N) is 3. The lowest BCUT2D eigenvalue weighted by Crippen LogP contribution is -2.58. The zero-order valence-corrected chi connectivity index (χ0v) is 15.5. The number of amides is 1. The standard InChI is InChI=1S/C20H25N5O/c1-4-14(3)19(26)25-20(9-13(2)11-22-12-20)16-6-5-15(10-21)17-18(16)24-8-7-23-17/h5-8,13-14,22H,4,9,11-12H2,1-3H3,(H,25,26)/t13-,14+,20-/m0/s1. The SMILES string of the molecule is CC[C@@H](C)C(=O)N[C@]1(c2ccc(C#N)c3nccnc23)CNC[C@@H](C)C1. The molecule has 26 heavy (non-hydrogen) atoms. The molecule has 1 aliphatic heterocycles. The third-order valence-electron chi connectivity index (χ3n) is 5.30. The topological polar surface area (TPSA) is 90.7 Å². The minimum absolute atomic E-state index is 0.0461. The van der Waals surface area contributed by atoms with Crippen molar-refractivity contribution in [3.05, 3.63) is 35.7 Å². The summed E-state index contributed by atoms with van der Waals surface area (Å²) >= 11 is 0. The average molecular weight is 351 g/mol. The second kappa shape index (κ2) is 7.38. The molecule has 2 aromatic rings. The number of rotatable bonds is 4. The van der Waals surface area contributed by atoms with E-state index in [1.807, 2.05) is 19.9 Å². The molecule has 0 radical (unpaired) electrons. The second-order valence-corrected chi connectivity index (χ2v) is 7.35. The molecular weight excluding hydrogens is 326 g/mol. The Morgan fingerprint density at radius 3 is 2.81 bits per heavy atom. The van der Waals surface area contributed by atoms with E-state index in [9.17, 15) is 10.1 Å². The molecule has 1 aliphatic rings. The zero-order valence-electron chi connectivity index (χ0n) is 15.5. The summed E-state index contributed by atoms with van der Waals surface area (Å²) in [4.78, 5) is 21.6. The van der Waals surface area contributed by atoms with Crippen LogP contribution >= 0.6 is 0 Å². The molecule has 1 amide bonds. The van der Waals surface area contributed by atoms with E-state index in [0.29, 0.717) is 29.1 Å². The van der Waals surface area contributed by atoms with Crippen LogP contribution in [0.15, 0.2) is 24.5 Å². The molecule has 1 saturated heterocycles. The number of benzene rings is 1. The third kappa shape index (κ3) is 3.27. The molecule has 1 aromatic heterocycles. The molecule has 1 aromatic carbocycles. The molecule has 0 unspecified atom stereocenters. The predicted molar refractivity (Wildman–Crippen MR) is 100 cm³/mol. The molecule has 1 fully saturated rings. The van der Waals surface area contributed by atoms with E-state index in [4.69, 9.17) is 0 Å². The van der Waals surface area contributed by atoms with Gasteiger partial charge in [0.05, 0.1) is 16.6 Å². The minimum Gasteiger partial charge on any atom is -0.345 e. The Bertz CT molecular complexity index is 859. The Kier molecular flexibility index (Phi) is 5.19. The molecule has 136 valence electrons. The number of fused-ring (bicyclic) bond motifs is 1. The van der Waals surface area contributed by atoms with Crippen LogP contribution in [0.1, 0.15) is 44.7 Å². The molecule has 3 rings (SSSR count). The predicted octanol–water partition coefficient (Wildman–Crippen LogP) is 2.49. The monoisotopic (exact) mass is 351 g/mol. The lowest BCUT2D eigenvalue weighted by atomic mass is 9.77. The summed E-state index contributed by atoms with van der Waals surface area (Å²) in [5.41, 5.74) is 2.14. The van der Waals surface area contributed by atoms with Crippen molar-refractivity contribution in [2.75, 3.05) is 13.1 Å². The van der Waals surface area contributed by atoms with Crippen LogP contribution < -0.4 is 10.6 Å². The van der Waals surface area contributed by atoms with Crippen molar-refractivity contribution in [2.45, 2.75) is 39.2 Å². The number of carbonyl (C=O) groups excluding carboxylic acids is 1. The van der Waals surface area contributed by atoms with Gasteiger partial charge < -0.3 is 10.6 Å². The highest BCUT2D eigenvalue weighted by Crippen LogP contribution is 2.35. The maximum Gasteiger partial charge on any atom is 0.223 e. The highest BCUT2D eigenvalue weighted by Gasteiger charge is 2.40. The van der Waals surface area contributed by atoms with Crippen LogP contribution in [-0.2, 0) is 10.3 Å². The Morgan fingerprint density at radius 1 is 1.42 bits per heavy atom. The van der Waals surface area contributed by atoms with Gasteiger partial charge in [-0.1, -0.05) is 26.8 Å². The quantitative estimate of drug-likeness (QED) is 0.883. The number of piperidine rings is 1. The summed E-state index contributed by atoms with van der Waals surface area (Å²) in [5.74, 6) is 0.396. The van der Waals surface area contributed by atoms with Crippen LogP contribution in [0, 0.1) is 23.2 Å². The number of nitriles is 1. The lowest BCUT2D eigenvalue weighted by molar-refractivity contribution is -0.127. The fraction of sp³-hybridized carbons (Fsp3) is 0.500. The normalized spacial score (nSPS) is 24.0. The number of hydrogen-bond donors (Lipinski definition) is 2. The van der Waals surface area contributed by atoms with Gasteiger partial charge >= 0.3 is 0 Å². The number of hydrogen-bond acceptors (Lipinski definition) is 5. The van der Waals surface area contributed by atoms with Crippen LogP contribution in [0.2, 0.25) is 0 Å². The van der Waals surface area contributed by atoms with E-state index >= 15 is 0 Å². The summed E-state index contributed by atoms with van der Waals surface area (Å²) < 4.78 is 0. The van der Waals surface area contributed by atoms with Gasteiger partial charge in [0.15, 0.2) is 0 Å². The van der Waals surface area contributed by atoms with Gasteiger partial charge in [-0.3, -0.25) is 14.8 Å². The highest BCUT2D eigenvalue weighted by molar-refractivity contribution is 5.86. The maximum absolute atomic E-state index is 12.8. The number of carbonyl (C=O) groups is 1. The summed E-state index contributed by atoms with van der Waals surface area (Å²) in [6, 6.07) is 5.89. The van der Waals surface area contributed by atoms with Gasteiger partial charge in [-0.15, -0.1) is 0 Å². The van der Waals surface area contributed by atoms with E-state index in [1.165, 1.54) is 0 Å². The molecule has 2 N–H and O–H groups in total. The molecule has 3 atom stereocenters. The molecule has 0 spiro atoms. The van der Waals surface area contributed by atoms with Crippen molar-refractivity contribution < 1.29 is 4.79 Å². The summed E-state index contributed by atoms with van der Waals surface area (Å²) in [7, 11) is 0. The molecule has 2 heterocycles. The maximum atomic E-state index is 12.8. The Labute approximate surface area is 154 Å². The lowest BCUT2D eigenvalue weighted by Gasteiger charge is -2.42. The van der Waals surface area contributed by atoms with E-state index < -0.39 is 5.54 Å². The van der Waals surface area contributed by atoms with E-state index in [-0.39, 0.29) is 11.8 Å². The van der Waals surface area contributed by atoms with Crippen molar-refractivity contribution in [1.82, 2.24) is 20.6 Å². The third-order valence-corrected chi connectivity index (χ3v) is 5.30. The fourth-order valence-electron chi connectivity index (χ4n) is 3.72. The van der Waals surface area contributed by atoms with Gasteiger partial charge in [0.1, 0.15) is 11.6 Å². The van der Waals surface area contributed by atoms with Crippen LogP contribution in [0.4, 0.5) is 0 Å². The molecule has 0 bridgehead atoms. The molecule has 6 heteroatoms. The van der Waals surface area contributed by atoms with E-state index in [0.717, 1.165) is 24.9 Å². The van der Waals surface area contributed by atoms with Crippen LogP contribution in [0.25, 0.3) is 11.0 Å². The van der Waals surface area contributed by atoms with Crippen molar-refractivity contribution in [3.63, 3.8) is 0 Å². The second-order valence-electron chi connectivity index (χ2n) is 7.35. The van der Waals surface area contributed by atoms with E-state index in [2.05, 4.69) is 33.6 Å². The Morgan fingerprint density at radius 2 is 2.15 bits per heavy atom. The number of nitrogens with one attached hydrogen (secondary N) is 2. The van der Waals surface area contributed by atoms with Crippen LogP contribution in [0.5, 0.6) is 0 Å². The number of aromatic nitrogens is 2. The Balaban J connectivity index is 2.15. The van der Waals surface area contributed by atoms with Gasteiger partial charge in [-0.05, 0) is 31.4 Å². The van der Waals surface area contributed by atoms with Crippen molar-refractivity contribution in [1.29, 1.82) is 5.26 Å². The first-order valence-electron chi connectivity index (χ1n) is 9.17. The van der Waals surface area contributed by atoms with Gasteiger partial charge in [0.2, 0.25) is 5.91 Å².